The predicted molar refractivity (Wildman–Crippen MR) is 50.1 cm³/mol. The van der Waals surface area contributed by atoms with Crippen molar-refractivity contribution in [1.82, 2.24) is 0 Å². The fourth-order valence-electron chi connectivity index (χ4n) is 1.14. The molecule has 0 saturated heterocycles. The van der Waals surface area contributed by atoms with Crippen LogP contribution >= 0.6 is 0 Å². The van der Waals surface area contributed by atoms with Crippen LogP contribution in [-0.2, 0) is 0 Å². The lowest BCUT2D eigenvalue weighted by molar-refractivity contribution is 0.103. The van der Waals surface area contributed by atoms with Crippen molar-refractivity contribution in [2.45, 2.75) is 0 Å². The average Bonchev–Trinajstić information content (AvgIpc) is 2.91. The molecule has 0 aliphatic rings. The van der Waals surface area contributed by atoms with E-state index in [9.17, 15) is 4.79 Å². The van der Waals surface area contributed by atoms with Crippen molar-refractivity contribution in [2.24, 2.45) is 5.16 Å². The molecule has 2 rings (SSSR count). The Kier molecular flexibility index (Phi) is 2.37. The Morgan fingerprint density at radius 1 is 1.13 bits per heavy atom. The number of hydrogen-bond donors (Lipinski definition) is 1. The Morgan fingerprint density at radius 2 is 1.73 bits per heavy atom. The van der Waals surface area contributed by atoms with Gasteiger partial charge >= 0.3 is 0 Å². The van der Waals surface area contributed by atoms with E-state index in [-0.39, 0.29) is 17.2 Å². The first-order chi connectivity index (χ1) is 7.33. The van der Waals surface area contributed by atoms with Gasteiger partial charge in [0.05, 0.1) is 12.5 Å². The molecule has 0 aliphatic carbocycles. The van der Waals surface area contributed by atoms with Crippen molar-refractivity contribution in [3.8, 4) is 0 Å². The summed E-state index contributed by atoms with van der Waals surface area (Å²) in [6.07, 6.45) is 2.75. The molecule has 0 unspecified atom stereocenters. The molecule has 2 aromatic heterocycles. The van der Waals surface area contributed by atoms with E-state index in [1.807, 2.05) is 0 Å². The first kappa shape index (κ1) is 9.26. The van der Waals surface area contributed by atoms with Crippen LogP contribution in [-0.4, -0.2) is 16.7 Å². The second-order valence-electron chi connectivity index (χ2n) is 2.73. The van der Waals surface area contributed by atoms with Gasteiger partial charge < -0.3 is 14.0 Å². The second kappa shape index (κ2) is 3.83. The van der Waals surface area contributed by atoms with Crippen LogP contribution in [0.2, 0.25) is 0 Å². The van der Waals surface area contributed by atoms with E-state index in [4.69, 9.17) is 14.0 Å². The molecule has 76 valence electrons. The van der Waals surface area contributed by atoms with Gasteiger partial charge in [0.1, 0.15) is 0 Å². The maximum absolute atomic E-state index is 11.7. The lowest BCUT2D eigenvalue weighted by atomic mass is 10.1. The van der Waals surface area contributed by atoms with Gasteiger partial charge in [0.15, 0.2) is 17.2 Å². The van der Waals surface area contributed by atoms with Crippen molar-refractivity contribution in [1.29, 1.82) is 0 Å². The Bertz CT molecular complexity index is 468. The summed E-state index contributed by atoms with van der Waals surface area (Å²) in [6, 6.07) is 6.17. The van der Waals surface area contributed by atoms with Gasteiger partial charge in [-0.1, -0.05) is 5.16 Å². The smallest absolute Gasteiger partial charge is 0.253 e. The molecular formula is C10H7NO4. The van der Waals surface area contributed by atoms with E-state index in [1.165, 1.54) is 24.7 Å². The Labute approximate surface area is 84.6 Å². The summed E-state index contributed by atoms with van der Waals surface area (Å²) in [5.74, 6) is -0.240. The summed E-state index contributed by atoms with van der Waals surface area (Å²) >= 11 is 0. The molecule has 5 heteroatoms. The van der Waals surface area contributed by atoms with Crippen LogP contribution < -0.4 is 0 Å². The van der Waals surface area contributed by atoms with Gasteiger partial charge in [-0.25, -0.2) is 0 Å². The molecule has 2 aromatic rings. The zero-order chi connectivity index (χ0) is 10.7. The molecule has 0 amide bonds. The maximum Gasteiger partial charge on any atom is 0.253 e. The van der Waals surface area contributed by atoms with E-state index in [0.29, 0.717) is 0 Å². The average molecular weight is 205 g/mol. The summed E-state index contributed by atoms with van der Waals surface area (Å²) in [5, 5.41) is 11.6. The standard InChI is InChI=1S/C10H7NO4/c12-10(8-4-2-6-15-8)9(11-13)7-3-1-5-14-7/h1-6,13H. The summed E-state index contributed by atoms with van der Waals surface area (Å²) in [7, 11) is 0. The summed E-state index contributed by atoms with van der Waals surface area (Å²) in [4.78, 5) is 11.7. The predicted octanol–water partition coefficient (Wildman–Crippen LogP) is 1.93. The normalized spacial score (nSPS) is 11.6. The van der Waals surface area contributed by atoms with Crippen LogP contribution in [0.1, 0.15) is 16.3 Å². The van der Waals surface area contributed by atoms with Crippen molar-refractivity contribution in [3.05, 3.63) is 48.3 Å². The van der Waals surface area contributed by atoms with Crippen LogP contribution in [0.5, 0.6) is 0 Å². The number of oxime groups is 1. The quantitative estimate of drug-likeness (QED) is 0.359. The Hall–Kier alpha value is -2.30. The van der Waals surface area contributed by atoms with Crippen LogP contribution in [0.3, 0.4) is 0 Å². The van der Waals surface area contributed by atoms with Gasteiger partial charge in [-0.2, -0.15) is 0 Å². The number of furan rings is 2. The van der Waals surface area contributed by atoms with Gasteiger partial charge in [0.25, 0.3) is 5.78 Å². The van der Waals surface area contributed by atoms with Crippen molar-refractivity contribution >= 4 is 11.5 Å². The zero-order valence-electron chi connectivity index (χ0n) is 7.58. The molecule has 0 fully saturated rings. The highest BCUT2D eigenvalue weighted by atomic mass is 16.4. The minimum atomic E-state index is -0.530. The molecule has 0 aromatic carbocycles. The van der Waals surface area contributed by atoms with E-state index < -0.39 is 5.78 Å². The molecule has 1 N–H and O–H groups in total. The summed E-state index contributed by atoms with van der Waals surface area (Å²) in [6.45, 7) is 0. The van der Waals surface area contributed by atoms with Crippen LogP contribution in [0.4, 0.5) is 0 Å². The van der Waals surface area contributed by atoms with E-state index >= 15 is 0 Å². The molecule has 0 saturated carbocycles. The molecule has 0 aliphatic heterocycles. The molecule has 0 bridgehead atoms. The Morgan fingerprint density at radius 3 is 2.20 bits per heavy atom. The van der Waals surface area contributed by atoms with Crippen LogP contribution in [0.15, 0.2) is 50.8 Å². The van der Waals surface area contributed by atoms with E-state index in [0.717, 1.165) is 0 Å². The SMILES string of the molecule is O=C(C(=NO)c1ccco1)c1ccco1. The molecular weight excluding hydrogens is 198 g/mol. The molecule has 2 heterocycles. The zero-order valence-corrected chi connectivity index (χ0v) is 7.58. The summed E-state index contributed by atoms with van der Waals surface area (Å²) < 4.78 is 9.85. The molecule has 15 heavy (non-hydrogen) atoms. The van der Waals surface area contributed by atoms with E-state index in [1.54, 1.807) is 12.1 Å². The van der Waals surface area contributed by atoms with Crippen LogP contribution in [0.25, 0.3) is 0 Å². The number of rotatable bonds is 3. The number of carbonyl (C=O) groups is 1. The summed E-state index contributed by atoms with van der Waals surface area (Å²) in [5.41, 5.74) is -0.185. The monoisotopic (exact) mass is 205 g/mol. The largest absolute Gasteiger partial charge is 0.462 e. The third-order valence-corrected chi connectivity index (χ3v) is 1.81. The molecule has 0 atom stereocenters. The van der Waals surface area contributed by atoms with Crippen LogP contribution in [0, 0.1) is 0 Å². The number of Topliss-reactive ketones (excluding diaryl/α,β-unsaturated/α-hetero) is 1. The minimum absolute atomic E-state index is 0.0965. The highest BCUT2D eigenvalue weighted by Crippen LogP contribution is 2.09. The highest BCUT2D eigenvalue weighted by Gasteiger charge is 2.21. The number of ketones is 1. The van der Waals surface area contributed by atoms with Crippen molar-refractivity contribution in [2.75, 3.05) is 0 Å². The Balaban J connectivity index is 2.34. The maximum atomic E-state index is 11.7. The van der Waals surface area contributed by atoms with E-state index in [2.05, 4.69) is 5.16 Å². The topological polar surface area (TPSA) is 75.9 Å². The first-order valence-electron chi connectivity index (χ1n) is 4.17. The number of nitrogens with zero attached hydrogens (tertiary/aromatic N) is 1. The van der Waals surface area contributed by atoms with Gasteiger partial charge in [-0.05, 0) is 24.3 Å². The lowest BCUT2D eigenvalue weighted by Crippen LogP contribution is -2.14. The molecule has 5 nitrogen and oxygen atoms in total. The highest BCUT2D eigenvalue weighted by molar-refractivity contribution is 6.50. The van der Waals surface area contributed by atoms with Gasteiger partial charge in [-0.15, -0.1) is 0 Å². The lowest BCUT2D eigenvalue weighted by Gasteiger charge is -1.96. The first-order valence-corrected chi connectivity index (χ1v) is 4.17. The number of carbonyl (C=O) groups excluding carboxylic acids is 1. The van der Waals surface area contributed by atoms with Gasteiger partial charge in [0, 0.05) is 0 Å². The van der Waals surface area contributed by atoms with Gasteiger partial charge in [0.2, 0.25) is 0 Å². The minimum Gasteiger partial charge on any atom is -0.462 e. The van der Waals surface area contributed by atoms with Crippen molar-refractivity contribution in [3.63, 3.8) is 0 Å². The third-order valence-electron chi connectivity index (χ3n) is 1.81. The fraction of sp³-hybridized carbons (Fsp3) is 0. The van der Waals surface area contributed by atoms with Crippen molar-refractivity contribution < 1.29 is 18.8 Å². The van der Waals surface area contributed by atoms with Gasteiger partial charge in [-0.3, -0.25) is 4.79 Å². The molecule has 0 radical (unpaired) electrons. The molecule has 0 spiro atoms. The second-order valence-corrected chi connectivity index (χ2v) is 2.73. The third kappa shape index (κ3) is 1.67. The number of hydrogen-bond acceptors (Lipinski definition) is 5. The fourth-order valence-corrected chi connectivity index (χ4v) is 1.14.